The first-order valence-electron chi connectivity index (χ1n) is 1.26. The van der Waals surface area contributed by atoms with E-state index >= 15 is 0 Å². The van der Waals surface area contributed by atoms with E-state index in [1.807, 2.05) is 0 Å². The smallest absolute Gasteiger partial charge is 0.567 e. The van der Waals surface area contributed by atoms with Gasteiger partial charge in [0.15, 0.2) is 0 Å². The monoisotopic (exact) mass is 201 g/mol. The zero-order chi connectivity index (χ0) is 8.08. The first-order chi connectivity index (χ1) is 3.73. The molecule has 10 heteroatoms. The second kappa shape index (κ2) is 7.99. The van der Waals surface area contributed by atoms with Crippen LogP contribution in [0.5, 0.6) is 0 Å². The molecule has 0 aliphatic carbocycles. The van der Waals surface area contributed by atoms with Gasteiger partial charge in [0.1, 0.15) is 0 Å². The Balaban J connectivity index is -0.0000000910. The van der Waals surface area contributed by atoms with Crippen molar-refractivity contribution < 1.29 is 61.4 Å². The van der Waals surface area contributed by atoms with Crippen LogP contribution in [0.4, 0.5) is 0 Å². The number of hydrogen-bond donors (Lipinski definition) is 3. The predicted octanol–water partition coefficient (Wildman–Crippen LogP) is -4.65. The van der Waals surface area contributed by atoms with Gasteiger partial charge in [0, 0.05) is 0 Å². The molecule has 0 aliphatic heterocycles. The maximum Gasteiger partial charge on any atom is 1.00 e. The van der Waals surface area contributed by atoms with Crippen molar-refractivity contribution in [2.75, 3.05) is 0 Å². The molecule has 56 valence electrons. The fourth-order valence-corrected chi connectivity index (χ4v) is 0. The zero-order valence-corrected chi connectivity index (χ0v) is 8.54. The van der Waals surface area contributed by atoms with Crippen molar-refractivity contribution in [1.29, 1.82) is 0 Å². The summed E-state index contributed by atoms with van der Waals surface area (Å²) in [5, 5.41) is 0. The van der Waals surface area contributed by atoms with E-state index in [4.69, 9.17) is 31.9 Å². The van der Waals surface area contributed by atoms with Crippen LogP contribution in [0.15, 0.2) is 0 Å². The summed E-state index contributed by atoms with van der Waals surface area (Å²) in [4.78, 5) is 15.6. The van der Waals surface area contributed by atoms with E-state index in [0.717, 1.165) is 0 Å². The fourth-order valence-electron chi connectivity index (χ4n) is 0. The minimum Gasteiger partial charge on any atom is -0.567 e. The molecule has 0 spiro atoms. The molecule has 10 heavy (non-hydrogen) atoms. The van der Waals surface area contributed by atoms with Crippen LogP contribution in [-0.2, 0) is 15.0 Å². The molecular weight excluding hydrogens is 198 g/mol. The van der Waals surface area contributed by atoms with E-state index in [1.165, 1.54) is 0 Å². The molecule has 0 aromatic rings. The van der Waals surface area contributed by atoms with Gasteiger partial charge < -0.3 is 4.89 Å². The van der Waals surface area contributed by atoms with Crippen LogP contribution in [0.2, 0.25) is 0 Å². The van der Waals surface area contributed by atoms with Gasteiger partial charge in [-0.05, 0) is 4.57 Å². The molecule has 0 fully saturated rings. The summed E-state index contributed by atoms with van der Waals surface area (Å²) in [5.41, 5.74) is 0. The standard InChI is InChI=1S/Na.H2O4S.HO3P/c;1-5(2,3)4;1-4(2)3/h;(H2,1,2,3,4);(H,1,2,3)/q+1;;. The van der Waals surface area contributed by atoms with Crippen molar-refractivity contribution in [1.82, 2.24) is 0 Å². The number of hydrogen-bond acceptors (Lipinski definition) is 4. The summed E-state index contributed by atoms with van der Waals surface area (Å²) in [5.74, 6) is 0. The van der Waals surface area contributed by atoms with Crippen molar-refractivity contribution in [3.05, 3.63) is 0 Å². The molecule has 0 saturated heterocycles. The first-order valence-corrected chi connectivity index (χ1v) is 3.79. The maximum absolute atomic E-state index is 8.74. The summed E-state index contributed by atoms with van der Waals surface area (Å²) >= 11 is 0. The first kappa shape index (κ1) is 17.1. The molecule has 7 nitrogen and oxygen atoms in total. The van der Waals surface area contributed by atoms with E-state index in [1.54, 1.807) is 0 Å². The van der Waals surface area contributed by atoms with Crippen LogP contribution in [0.1, 0.15) is 0 Å². The molecule has 0 rings (SSSR count). The summed E-state index contributed by atoms with van der Waals surface area (Å²) in [7, 11) is -7.79. The van der Waals surface area contributed by atoms with Gasteiger partial charge in [0.25, 0.3) is 0 Å². The van der Waals surface area contributed by atoms with Gasteiger partial charge in [0.05, 0.1) is 0 Å². The van der Waals surface area contributed by atoms with E-state index in [2.05, 4.69) is 0 Å². The Morgan fingerprint density at radius 2 is 1.30 bits per heavy atom. The van der Waals surface area contributed by atoms with Crippen LogP contribution < -0.4 is 34.5 Å². The molecule has 0 aliphatic rings. The predicted molar refractivity (Wildman–Crippen MR) is 24.0 cm³/mol. The van der Waals surface area contributed by atoms with E-state index in [0.29, 0.717) is 0 Å². The van der Waals surface area contributed by atoms with Gasteiger partial charge in [0.2, 0.25) is 0 Å². The van der Waals surface area contributed by atoms with Gasteiger partial charge in [-0.1, -0.05) is 0 Å². The van der Waals surface area contributed by atoms with E-state index in [9.17, 15) is 0 Å². The van der Waals surface area contributed by atoms with Gasteiger partial charge in [-0.25, -0.2) is 0 Å². The minimum atomic E-state index is -4.67. The average Bonchev–Trinajstić information content (AvgIpc) is 1.19. The van der Waals surface area contributed by atoms with Crippen LogP contribution in [0, 0.1) is 0 Å². The Kier molecular flexibility index (Phi) is 13.7. The molecule has 0 heterocycles. The molecule has 0 bridgehead atoms. The van der Waals surface area contributed by atoms with Crippen molar-refractivity contribution in [2.24, 2.45) is 0 Å². The molecule has 1 unspecified atom stereocenters. The quantitative estimate of drug-likeness (QED) is 0.203. The maximum atomic E-state index is 8.74. The van der Waals surface area contributed by atoms with Crippen LogP contribution in [0.25, 0.3) is 0 Å². The van der Waals surface area contributed by atoms with Crippen LogP contribution in [0.3, 0.4) is 0 Å². The van der Waals surface area contributed by atoms with Crippen LogP contribution in [-0.4, -0.2) is 22.4 Å². The Bertz CT molecular complexity index is 156. The summed E-state index contributed by atoms with van der Waals surface area (Å²) < 4.78 is 40.2. The Hall–Kier alpha value is 0.890. The third kappa shape index (κ3) is 699. The molecule has 0 saturated carbocycles. The van der Waals surface area contributed by atoms with Crippen LogP contribution >= 0.6 is 8.25 Å². The molecular formula is H3NaO7PS+. The summed E-state index contributed by atoms with van der Waals surface area (Å²) in [6, 6.07) is 0. The average molecular weight is 201 g/mol. The Labute approximate surface area is 79.9 Å². The Morgan fingerprint density at radius 1 is 1.30 bits per heavy atom. The molecule has 0 radical (unpaired) electrons. The minimum absolute atomic E-state index is 0. The third-order valence-corrected chi connectivity index (χ3v) is 0. The van der Waals surface area contributed by atoms with Crippen molar-refractivity contribution in [3.8, 4) is 0 Å². The molecule has 0 aromatic carbocycles. The Morgan fingerprint density at radius 3 is 1.30 bits per heavy atom. The largest absolute Gasteiger partial charge is 1.00 e. The van der Waals surface area contributed by atoms with Crippen molar-refractivity contribution in [2.45, 2.75) is 0 Å². The topological polar surface area (TPSA) is 135 Å². The molecule has 1 atom stereocenters. The van der Waals surface area contributed by atoms with Gasteiger partial charge in [-0.15, -0.1) is 0 Å². The van der Waals surface area contributed by atoms with E-state index in [-0.39, 0.29) is 29.6 Å². The SMILES string of the molecule is O=S(=O)(O)O.O=[P+]([O-])O.[Na+]. The second-order valence-corrected chi connectivity index (χ2v) is 2.06. The zero-order valence-electron chi connectivity index (χ0n) is 4.83. The number of rotatable bonds is 0. The van der Waals surface area contributed by atoms with Gasteiger partial charge in [-0.3, -0.25) is 9.11 Å². The fraction of sp³-hybridized carbons (Fsp3) is 0. The third-order valence-electron chi connectivity index (χ3n) is 0. The second-order valence-electron chi connectivity index (χ2n) is 0.686. The molecule has 0 aromatic heterocycles. The normalized spacial score (nSPS) is 10.2. The van der Waals surface area contributed by atoms with Gasteiger partial charge >= 0.3 is 48.2 Å². The van der Waals surface area contributed by atoms with Crippen molar-refractivity contribution >= 4 is 18.7 Å². The van der Waals surface area contributed by atoms with E-state index < -0.39 is 18.7 Å². The summed E-state index contributed by atoms with van der Waals surface area (Å²) in [6.07, 6.45) is 0. The van der Waals surface area contributed by atoms with Crippen molar-refractivity contribution in [3.63, 3.8) is 0 Å². The van der Waals surface area contributed by atoms with Gasteiger partial charge in [-0.2, -0.15) is 13.3 Å². The molecule has 0 amide bonds. The molecule has 3 N–H and O–H groups in total. The summed E-state index contributed by atoms with van der Waals surface area (Å²) in [6.45, 7) is 0.